The van der Waals surface area contributed by atoms with Gasteiger partial charge in [0.1, 0.15) is 5.60 Å². The number of aromatic nitrogens is 2. The van der Waals surface area contributed by atoms with E-state index >= 15 is 0 Å². The molecule has 1 aromatic heterocycles. The Balaban J connectivity index is 1.96. The zero-order valence-corrected chi connectivity index (χ0v) is 18.8. The summed E-state index contributed by atoms with van der Waals surface area (Å²) < 4.78 is 14.1. The lowest BCUT2D eigenvalue weighted by molar-refractivity contribution is -0.0322. The minimum Gasteiger partial charge on any atom is -0.481 e. The number of nitrogens with zero attached hydrogens (tertiary/aromatic N) is 2. The van der Waals surface area contributed by atoms with Gasteiger partial charge in [-0.05, 0) is 17.5 Å². The largest absolute Gasteiger partial charge is 0.481 e. The van der Waals surface area contributed by atoms with Crippen LogP contribution in [0.3, 0.4) is 0 Å². The monoisotopic (exact) mass is 468 g/mol. The molecule has 1 aliphatic rings. The first-order chi connectivity index (χ1) is 14.6. The highest BCUT2D eigenvalue weighted by molar-refractivity contribution is 9.09. The lowest BCUT2D eigenvalue weighted by Gasteiger charge is -2.32. The molecule has 0 spiro atoms. The van der Waals surface area contributed by atoms with Crippen molar-refractivity contribution >= 4 is 15.9 Å². The second-order valence-corrected chi connectivity index (χ2v) is 8.08. The quantitative estimate of drug-likeness (QED) is 0.474. The van der Waals surface area contributed by atoms with Crippen molar-refractivity contribution in [3.63, 3.8) is 0 Å². The van der Waals surface area contributed by atoms with Crippen LogP contribution >= 0.6 is 15.9 Å². The van der Waals surface area contributed by atoms with Gasteiger partial charge >= 0.3 is 5.69 Å². The maximum absolute atomic E-state index is 13.0. The van der Waals surface area contributed by atoms with Crippen molar-refractivity contribution in [2.45, 2.75) is 38.0 Å². The fourth-order valence-electron chi connectivity index (χ4n) is 4.41. The van der Waals surface area contributed by atoms with Gasteiger partial charge in [-0.3, -0.25) is 4.57 Å². The number of fused-ring (bicyclic) bond motifs is 1. The second kappa shape index (κ2) is 8.74. The fraction of sp³-hybridized carbons (Fsp3) is 0.333. The van der Waals surface area contributed by atoms with Crippen LogP contribution in [0.25, 0.3) is 0 Å². The molecule has 5 nitrogen and oxygen atoms in total. The van der Waals surface area contributed by atoms with E-state index in [0.29, 0.717) is 30.7 Å². The Bertz CT molecular complexity index is 1070. The molecule has 2 aromatic carbocycles. The first kappa shape index (κ1) is 20.8. The van der Waals surface area contributed by atoms with E-state index in [0.717, 1.165) is 22.4 Å². The summed E-state index contributed by atoms with van der Waals surface area (Å²) in [6, 6.07) is 20.2. The Morgan fingerprint density at radius 2 is 1.80 bits per heavy atom. The van der Waals surface area contributed by atoms with Crippen molar-refractivity contribution < 1.29 is 9.47 Å². The van der Waals surface area contributed by atoms with Crippen LogP contribution in [-0.4, -0.2) is 22.0 Å². The standard InChI is InChI=1S/C24H25BrN2O3/c1-3-20-21-24(18-12-8-5-9-13-18,30-16-17-10-6-4-7-11-17)14-19(15-25)27(21)23(28)26-22(20)29-2/h4-13,19H,3,14-16H2,1-2H3/t19-,24+/m1/s1. The molecule has 156 valence electrons. The Labute approximate surface area is 184 Å². The molecule has 6 heteroatoms. The summed E-state index contributed by atoms with van der Waals surface area (Å²) in [5.74, 6) is 0.382. The zero-order chi connectivity index (χ0) is 21.1. The number of benzene rings is 2. The zero-order valence-electron chi connectivity index (χ0n) is 17.2. The van der Waals surface area contributed by atoms with Crippen molar-refractivity contribution in [3.8, 4) is 5.88 Å². The molecule has 0 unspecified atom stereocenters. The third-order valence-corrected chi connectivity index (χ3v) is 6.50. The Hall–Kier alpha value is -2.44. The minimum atomic E-state index is -0.768. The Kier molecular flexibility index (Phi) is 6.06. The van der Waals surface area contributed by atoms with E-state index in [1.807, 2.05) is 36.4 Å². The van der Waals surface area contributed by atoms with Crippen LogP contribution in [0.4, 0.5) is 0 Å². The van der Waals surface area contributed by atoms with Gasteiger partial charge in [-0.2, -0.15) is 4.98 Å². The van der Waals surface area contributed by atoms with Crippen molar-refractivity contribution in [1.82, 2.24) is 9.55 Å². The molecule has 0 saturated heterocycles. The van der Waals surface area contributed by atoms with Gasteiger partial charge in [0.2, 0.25) is 5.88 Å². The average Bonchev–Trinajstić information content (AvgIpc) is 3.15. The summed E-state index contributed by atoms with van der Waals surface area (Å²) >= 11 is 3.61. The number of methoxy groups -OCH3 is 1. The molecule has 0 bridgehead atoms. The van der Waals surface area contributed by atoms with E-state index in [2.05, 4.69) is 52.1 Å². The Morgan fingerprint density at radius 1 is 1.13 bits per heavy atom. The SMILES string of the molecule is CCc1c(OC)nc(=O)n2c1[C@@](OCc1ccccc1)(c1ccccc1)C[C@@H]2CBr. The molecule has 1 aliphatic heterocycles. The van der Waals surface area contributed by atoms with E-state index < -0.39 is 5.60 Å². The number of halogens is 1. The van der Waals surface area contributed by atoms with Gasteiger partial charge in [-0.25, -0.2) is 4.79 Å². The van der Waals surface area contributed by atoms with Crippen LogP contribution in [0.2, 0.25) is 0 Å². The lowest BCUT2D eigenvalue weighted by atomic mass is 9.85. The summed E-state index contributed by atoms with van der Waals surface area (Å²) in [5, 5.41) is 0.639. The number of rotatable bonds is 7. The molecule has 2 atom stereocenters. The van der Waals surface area contributed by atoms with Gasteiger partial charge in [-0.1, -0.05) is 83.5 Å². The van der Waals surface area contributed by atoms with Crippen LogP contribution in [0.1, 0.15) is 41.8 Å². The molecule has 0 amide bonds. The molecule has 3 aromatic rings. The van der Waals surface area contributed by atoms with Gasteiger partial charge in [-0.15, -0.1) is 0 Å². The highest BCUT2D eigenvalue weighted by Gasteiger charge is 2.49. The molecule has 0 aliphatic carbocycles. The average molecular weight is 469 g/mol. The number of hydrogen-bond donors (Lipinski definition) is 0. The summed E-state index contributed by atoms with van der Waals surface area (Å²) in [4.78, 5) is 17.2. The van der Waals surface area contributed by atoms with Gasteiger partial charge < -0.3 is 9.47 Å². The van der Waals surface area contributed by atoms with E-state index in [-0.39, 0.29) is 11.7 Å². The van der Waals surface area contributed by atoms with Crippen molar-refractivity contribution in [3.05, 3.63) is 93.5 Å². The topological polar surface area (TPSA) is 53.3 Å². The van der Waals surface area contributed by atoms with Gasteiger partial charge in [0.05, 0.1) is 25.5 Å². The first-order valence-electron chi connectivity index (χ1n) is 10.1. The molecular formula is C24H25BrN2O3. The highest BCUT2D eigenvalue weighted by Crippen LogP contribution is 2.49. The summed E-state index contributed by atoms with van der Waals surface area (Å²) in [7, 11) is 1.56. The number of hydrogen-bond acceptors (Lipinski definition) is 4. The van der Waals surface area contributed by atoms with Crippen LogP contribution < -0.4 is 10.4 Å². The third kappa shape index (κ3) is 3.48. The smallest absolute Gasteiger partial charge is 0.351 e. The normalized spacial score (nSPS) is 20.2. The highest BCUT2D eigenvalue weighted by atomic mass is 79.9. The summed E-state index contributed by atoms with van der Waals surface area (Å²) in [6.45, 7) is 2.49. The molecule has 0 N–H and O–H groups in total. The maximum Gasteiger partial charge on any atom is 0.351 e. The van der Waals surface area contributed by atoms with Gasteiger partial charge in [0, 0.05) is 17.3 Å². The molecular weight excluding hydrogens is 444 g/mol. The lowest BCUT2D eigenvalue weighted by Crippen LogP contribution is -2.34. The molecule has 0 saturated carbocycles. The predicted octanol–water partition coefficient (Wildman–Crippen LogP) is 4.61. The van der Waals surface area contributed by atoms with Crippen LogP contribution in [0, 0.1) is 0 Å². The van der Waals surface area contributed by atoms with E-state index in [1.165, 1.54) is 0 Å². The number of ether oxygens (including phenoxy) is 2. The molecule has 0 fully saturated rings. The van der Waals surface area contributed by atoms with E-state index in [9.17, 15) is 4.79 Å². The summed E-state index contributed by atoms with van der Waals surface area (Å²) in [6.07, 6.45) is 1.33. The summed E-state index contributed by atoms with van der Waals surface area (Å²) in [5.41, 5.74) is 2.81. The van der Waals surface area contributed by atoms with E-state index in [1.54, 1.807) is 11.7 Å². The van der Waals surface area contributed by atoms with Crippen LogP contribution in [-0.2, 0) is 23.4 Å². The van der Waals surface area contributed by atoms with Crippen LogP contribution in [0.5, 0.6) is 5.88 Å². The fourth-order valence-corrected chi connectivity index (χ4v) is 4.93. The predicted molar refractivity (Wildman–Crippen MR) is 120 cm³/mol. The molecule has 30 heavy (non-hydrogen) atoms. The van der Waals surface area contributed by atoms with Crippen molar-refractivity contribution in [1.29, 1.82) is 0 Å². The van der Waals surface area contributed by atoms with Crippen molar-refractivity contribution in [2.24, 2.45) is 0 Å². The van der Waals surface area contributed by atoms with Gasteiger partial charge in [0.15, 0.2) is 0 Å². The number of alkyl halides is 1. The van der Waals surface area contributed by atoms with Gasteiger partial charge in [0.25, 0.3) is 0 Å². The molecule has 2 heterocycles. The van der Waals surface area contributed by atoms with E-state index in [4.69, 9.17) is 9.47 Å². The second-order valence-electron chi connectivity index (χ2n) is 7.43. The molecule has 4 rings (SSSR count). The Morgan fingerprint density at radius 3 is 2.40 bits per heavy atom. The van der Waals surface area contributed by atoms with Crippen LogP contribution in [0.15, 0.2) is 65.5 Å². The maximum atomic E-state index is 13.0. The molecule has 0 radical (unpaired) electrons. The van der Waals surface area contributed by atoms with Crippen molar-refractivity contribution in [2.75, 3.05) is 12.4 Å². The minimum absolute atomic E-state index is 0.0628. The first-order valence-corrected chi connectivity index (χ1v) is 11.3. The third-order valence-electron chi connectivity index (χ3n) is 5.75.